The van der Waals surface area contributed by atoms with Gasteiger partial charge in [0.05, 0.1) is 13.1 Å². The highest BCUT2D eigenvalue weighted by atomic mass is 19.4. The molecule has 1 aromatic heterocycles. The highest BCUT2D eigenvalue weighted by molar-refractivity contribution is 5.77. The van der Waals surface area contributed by atoms with E-state index in [-0.39, 0.29) is 5.91 Å². The summed E-state index contributed by atoms with van der Waals surface area (Å²) in [6.07, 6.45) is -2.30. The van der Waals surface area contributed by atoms with Gasteiger partial charge >= 0.3 is 6.18 Å². The Morgan fingerprint density at radius 1 is 1.50 bits per heavy atom. The topological polar surface area (TPSA) is 42.4 Å². The van der Waals surface area contributed by atoms with Crippen molar-refractivity contribution < 1.29 is 22.7 Å². The SMILES string of the molecule is CCC(C)CC(=O)N1CC(Oc2ncccc2C(F)(F)F)C1. The third-order valence-electron chi connectivity index (χ3n) is 3.78. The molecule has 1 aliphatic heterocycles. The zero-order chi connectivity index (χ0) is 16.3. The molecule has 2 heterocycles. The molecule has 0 aliphatic carbocycles. The lowest BCUT2D eigenvalue weighted by atomic mass is 10.0. The van der Waals surface area contributed by atoms with Crippen LogP contribution in [0.1, 0.15) is 32.3 Å². The van der Waals surface area contributed by atoms with Gasteiger partial charge in [-0.3, -0.25) is 4.79 Å². The number of alkyl halides is 3. The highest BCUT2D eigenvalue weighted by Gasteiger charge is 2.38. The van der Waals surface area contributed by atoms with Crippen molar-refractivity contribution in [3.63, 3.8) is 0 Å². The number of pyridine rings is 1. The van der Waals surface area contributed by atoms with E-state index in [1.54, 1.807) is 4.90 Å². The molecule has 1 atom stereocenters. The summed E-state index contributed by atoms with van der Waals surface area (Å²) in [5, 5.41) is 0. The van der Waals surface area contributed by atoms with Crippen LogP contribution in [0.4, 0.5) is 13.2 Å². The minimum absolute atomic E-state index is 0.0197. The average molecular weight is 316 g/mol. The Bertz CT molecular complexity index is 528. The summed E-state index contributed by atoms with van der Waals surface area (Å²) in [6.45, 7) is 4.63. The first-order valence-corrected chi connectivity index (χ1v) is 7.28. The first-order chi connectivity index (χ1) is 10.3. The lowest BCUT2D eigenvalue weighted by Gasteiger charge is -2.39. The van der Waals surface area contributed by atoms with Gasteiger partial charge in [-0.05, 0) is 18.1 Å². The van der Waals surface area contributed by atoms with E-state index in [4.69, 9.17) is 4.74 Å². The van der Waals surface area contributed by atoms with Crippen molar-refractivity contribution >= 4 is 5.91 Å². The molecule has 0 N–H and O–H groups in total. The Balaban J connectivity index is 1.90. The monoisotopic (exact) mass is 316 g/mol. The molecule has 1 aromatic rings. The molecule has 0 bridgehead atoms. The van der Waals surface area contributed by atoms with Gasteiger partial charge in [0.15, 0.2) is 0 Å². The number of carbonyl (C=O) groups is 1. The van der Waals surface area contributed by atoms with Gasteiger partial charge in [-0.25, -0.2) is 4.98 Å². The Morgan fingerprint density at radius 2 is 2.18 bits per heavy atom. The predicted octanol–water partition coefficient (Wildman–Crippen LogP) is 3.13. The predicted molar refractivity (Wildman–Crippen MR) is 74.3 cm³/mol. The van der Waals surface area contributed by atoms with Gasteiger partial charge in [0.25, 0.3) is 0 Å². The number of ether oxygens (including phenoxy) is 1. The van der Waals surface area contributed by atoms with Crippen LogP contribution in [0.3, 0.4) is 0 Å². The fourth-order valence-corrected chi connectivity index (χ4v) is 2.15. The number of aromatic nitrogens is 1. The second kappa shape index (κ2) is 6.54. The number of hydrogen-bond acceptors (Lipinski definition) is 3. The maximum absolute atomic E-state index is 12.8. The Kier molecular flexibility index (Phi) is 4.93. The van der Waals surface area contributed by atoms with Crippen LogP contribution < -0.4 is 4.74 Å². The molecule has 1 fully saturated rings. The van der Waals surface area contributed by atoms with Crippen molar-refractivity contribution in [2.24, 2.45) is 5.92 Å². The quantitative estimate of drug-likeness (QED) is 0.838. The minimum Gasteiger partial charge on any atom is -0.470 e. The number of halogens is 3. The molecule has 0 radical (unpaired) electrons. The molecule has 0 spiro atoms. The number of carbonyl (C=O) groups excluding carboxylic acids is 1. The minimum atomic E-state index is -4.50. The first kappa shape index (κ1) is 16.6. The van der Waals surface area contributed by atoms with Crippen molar-refractivity contribution in [2.45, 2.75) is 39.0 Å². The second-order valence-electron chi connectivity index (χ2n) is 5.61. The summed E-state index contributed by atoms with van der Waals surface area (Å²) in [5.41, 5.74) is -0.889. The van der Waals surface area contributed by atoms with Gasteiger partial charge in [-0.1, -0.05) is 20.3 Å². The number of rotatable bonds is 5. The maximum atomic E-state index is 12.8. The van der Waals surface area contributed by atoms with Crippen LogP contribution >= 0.6 is 0 Å². The molecule has 22 heavy (non-hydrogen) atoms. The Labute approximate surface area is 127 Å². The van der Waals surface area contributed by atoms with Gasteiger partial charge in [0.1, 0.15) is 11.7 Å². The van der Waals surface area contributed by atoms with E-state index in [0.29, 0.717) is 25.4 Å². The van der Waals surface area contributed by atoms with Crippen molar-refractivity contribution in [3.8, 4) is 5.88 Å². The van der Waals surface area contributed by atoms with Crippen LogP contribution in [-0.2, 0) is 11.0 Å². The van der Waals surface area contributed by atoms with Crippen LogP contribution in [0.25, 0.3) is 0 Å². The number of hydrogen-bond donors (Lipinski definition) is 0. The molecule has 7 heteroatoms. The fourth-order valence-electron chi connectivity index (χ4n) is 2.15. The summed E-state index contributed by atoms with van der Waals surface area (Å²) in [5.74, 6) is -0.0969. The molecule has 1 aliphatic rings. The molecule has 1 amide bonds. The van der Waals surface area contributed by atoms with E-state index in [1.807, 2.05) is 13.8 Å². The van der Waals surface area contributed by atoms with Crippen molar-refractivity contribution in [1.29, 1.82) is 0 Å². The van der Waals surface area contributed by atoms with E-state index < -0.39 is 23.7 Å². The summed E-state index contributed by atoms with van der Waals surface area (Å²) in [6, 6.07) is 2.16. The van der Waals surface area contributed by atoms with Crippen LogP contribution in [0.15, 0.2) is 18.3 Å². The molecule has 0 saturated carbocycles. The summed E-state index contributed by atoms with van der Waals surface area (Å²) >= 11 is 0. The number of likely N-dealkylation sites (tertiary alicyclic amines) is 1. The van der Waals surface area contributed by atoms with E-state index in [9.17, 15) is 18.0 Å². The van der Waals surface area contributed by atoms with E-state index in [1.165, 1.54) is 12.3 Å². The largest absolute Gasteiger partial charge is 0.470 e. The van der Waals surface area contributed by atoms with Gasteiger partial charge in [-0.2, -0.15) is 13.2 Å². The summed E-state index contributed by atoms with van der Waals surface area (Å²) in [7, 11) is 0. The normalized spacial score (nSPS) is 17.0. The highest BCUT2D eigenvalue weighted by Crippen LogP contribution is 2.35. The summed E-state index contributed by atoms with van der Waals surface area (Å²) < 4.78 is 43.8. The lowest BCUT2D eigenvalue weighted by molar-refractivity contribution is -0.145. The third-order valence-corrected chi connectivity index (χ3v) is 3.78. The van der Waals surface area contributed by atoms with Crippen LogP contribution in [0, 0.1) is 5.92 Å². The standard InChI is InChI=1S/C15H19F3N2O2/c1-3-10(2)7-13(21)20-8-11(9-20)22-14-12(15(16,17)18)5-4-6-19-14/h4-6,10-11H,3,7-9H2,1-2H3. The van der Waals surface area contributed by atoms with Crippen molar-refractivity contribution in [3.05, 3.63) is 23.9 Å². The Hall–Kier alpha value is -1.79. The molecule has 4 nitrogen and oxygen atoms in total. The molecule has 2 rings (SSSR count). The molecule has 122 valence electrons. The van der Waals surface area contributed by atoms with Crippen LogP contribution in [0.2, 0.25) is 0 Å². The zero-order valence-corrected chi connectivity index (χ0v) is 12.6. The van der Waals surface area contributed by atoms with Crippen LogP contribution in [-0.4, -0.2) is 35.0 Å². The molecule has 0 aromatic carbocycles. The molecular weight excluding hydrogens is 297 g/mol. The van der Waals surface area contributed by atoms with Crippen molar-refractivity contribution in [2.75, 3.05) is 13.1 Å². The lowest BCUT2D eigenvalue weighted by Crippen LogP contribution is -2.56. The molecule has 1 unspecified atom stereocenters. The van der Waals surface area contributed by atoms with Gasteiger partial charge < -0.3 is 9.64 Å². The van der Waals surface area contributed by atoms with Gasteiger partial charge in [-0.15, -0.1) is 0 Å². The Morgan fingerprint density at radius 3 is 2.77 bits per heavy atom. The number of amides is 1. The molecule has 1 saturated heterocycles. The van der Waals surface area contributed by atoms with Gasteiger partial charge in [0, 0.05) is 12.6 Å². The average Bonchev–Trinajstić information content (AvgIpc) is 2.41. The molecular formula is C15H19F3N2O2. The van der Waals surface area contributed by atoms with E-state index in [0.717, 1.165) is 12.5 Å². The van der Waals surface area contributed by atoms with E-state index >= 15 is 0 Å². The summed E-state index contributed by atoms with van der Waals surface area (Å²) in [4.78, 5) is 17.2. The third kappa shape index (κ3) is 3.90. The second-order valence-corrected chi connectivity index (χ2v) is 5.61. The number of nitrogens with zero attached hydrogens (tertiary/aromatic N) is 2. The maximum Gasteiger partial charge on any atom is 0.421 e. The van der Waals surface area contributed by atoms with Gasteiger partial charge in [0.2, 0.25) is 11.8 Å². The smallest absolute Gasteiger partial charge is 0.421 e. The first-order valence-electron chi connectivity index (χ1n) is 7.28. The van der Waals surface area contributed by atoms with Crippen molar-refractivity contribution in [1.82, 2.24) is 9.88 Å². The van der Waals surface area contributed by atoms with Crippen LogP contribution in [0.5, 0.6) is 5.88 Å². The fraction of sp³-hybridized carbons (Fsp3) is 0.600. The zero-order valence-electron chi connectivity index (χ0n) is 12.6. The van der Waals surface area contributed by atoms with E-state index in [2.05, 4.69) is 4.98 Å².